The molecule has 3 fully saturated rings. The monoisotopic (exact) mass is 259 g/mol. The molecule has 1 aromatic heterocycles. The summed E-state index contributed by atoms with van der Waals surface area (Å²) in [6, 6.07) is 2.55. The molecule has 94 valence electrons. The zero-order valence-electron chi connectivity index (χ0n) is 10.2. The van der Waals surface area contributed by atoms with Crippen LogP contribution in [0.2, 0.25) is 0 Å². The molecule has 4 unspecified atom stereocenters. The van der Waals surface area contributed by atoms with E-state index in [1.54, 1.807) is 6.20 Å². The highest BCUT2D eigenvalue weighted by atomic mass is 32.1. The van der Waals surface area contributed by atoms with Crippen LogP contribution in [-0.4, -0.2) is 16.0 Å². The molecule has 3 saturated carbocycles. The molecule has 1 heterocycles. The lowest BCUT2D eigenvalue weighted by atomic mass is 10.0. The van der Waals surface area contributed by atoms with E-state index in [2.05, 4.69) is 10.3 Å². The van der Waals surface area contributed by atoms with E-state index >= 15 is 0 Å². The van der Waals surface area contributed by atoms with Crippen LogP contribution in [0, 0.1) is 23.7 Å². The molecule has 1 aromatic rings. The van der Waals surface area contributed by atoms with Crippen molar-refractivity contribution < 1.29 is 0 Å². The predicted molar refractivity (Wildman–Crippen MR) is 75.3 cm³/mol. The van der Waals surface area contributed by atoms with Gasteiger partial charge in [0.05, 0.1) is 11.9 Å². The van der Waals surface area contributed by atoms with E-state index in [1.165, 1.54) is 19.3 Å². The van der Waals surface area contributed by atoms with Gasteiger partial charge in [0.1, 0.15) is 4.99 Å². The Morgan fingerprint density at radius 3 is 2.72 bits per heavy atom. The first-order chi connectivity index (χ1) is 8.75. The highest BCUT2D eigenvalue weighted by Gasteiger charge is 2.65. The number of rotatable bonds is 3. The van der Waals surface area contributed by atoms with E-state index in [0.717, 1.165) is 34.9 Å². The van der Waals surface area contributed by atoms with Gasteiger partial charge in [0.25, 0.3) is 0 Å². The normalized spacial score (nSPS) is 39.4. The first-order valence-electron chi connectivity index (χ1n) is 6.76. The van der Waals surface area contributed by atoms with Gasteiger partial charge in [0.15, 0.2) is 0 Å². The second-order valence-corrected chi connectivity index (χ2v) is 6.38. The van der Waals surface area contributed by atoms with Crippen molar-refractivity contribution in [2.75, 3.05) is 5.32 Å². The largest absolute Gasteiger partial charge is 0.389 e. The van der Waals surface area contributed by atoms with Crippen LogP contribution in [-0.2, 0) is 0 Å². The molecule has 3 aliphatic carbocycles. The summed E-state index contributed by atoms with van der Waals surface area (Å²) in [5, 5.41) is 3.64. The van der Waals surface area contributed by atoms with Crippen LogP contribution < -0.4 is 11.1 Å². The second kappa shape index (κ2) is 3.67. The molecule has 3 nitrogen and oxygen atoms in total. The van der Waals surface area contributed by atoms with Crippen LogP contribution in [0.15, 0.2) is 18.5 Å². The minimum absolute atomic E-state index is 0.452. The van der Waals surface area contributed by atoms with Crippen molar-refractivity contribution in [3.8, 4) is 0 Å². The summed E-state index contributed by atoms with van der Waals surface area (Å²) in [6.07, 6.45) is 7.96. The molecule has 0 aliphatic heterocycles. The highest BCUT2D eigenvalue weighted by molar-refractivity contribution is 7.80. The lowest BCUT2D eigenvalue weighted by Crippen LogP contribution is -2.17. The number of hydrogen-bond donors (Lipinski definition) is 2. The van der Waals surface area contributed by atoms with Gasteiger partial charge in [-0.1, -0.05) is 12.2 Å². The van der Waals surface area contributed by atoms with Gasteiger partial charge in [-0.05, 0) is 49.0 Å². The Bertz CT molecular complexity index is 500. The lowest BCUT2D eigenvalue weighted by molar-refractivity contribution is 0.456. The zero-order chi connectivity index (χ0) is 12.3. The summed E-state index contributed by atoms with van der Waals surface area (Å²) in [6.45, 7) is 0. The van der Waals surface area contributed by atoms with Gasteiger partial charge in [0, 0.05) is 17.8 Å². The smallest absolute Gasteiger partial charge is 0.106 e. The van der Waals surface area contributed by atoms with Crippen molar-refractivity contribution >= 4 is 22.9 Å². The SMILES string of the molecule is NC(=S)c1ccncc1NC1C2C3CCC(C3)C12. The van der Waals surface area contributed by atoms with E-state index < -0.39 is 0 Å². The molecule has 3 N–H and O–H groups in total. The zero-order valence-corrected chi connectivity index (χ0v) is 11.0. The number of nitrogens with two attached hydrogens (primary N) is 1. The third-order valence-corrected chi connectivity index (χ3v) is 5.36. The fourth-order valence-electron chi connectivity index (χ4n) is 4.42. The number of nitrogens with one attached hydrogen (secondary N) is 1. The molecule has 0 radical (unpaired) electrons. The molecule has 2 bridgehead atoms. The van der Waals surface area contributed by atoms with Crippen molar-refractivity contribution in [2.45, 2.75) is 25.3 Å². The van der Waals surface area contributed by atoms with Crippen LogP contribution in [0.1, 0.15) is 24.8 Å². The molecule has 0 amide bonds. The molecular formula is C14H17N3S. The average molecular weight is 259 g/mol. The van der Waals surface area contributed by atoms with Gasteiger partial charge in [-0.25, -0.2) is 0 Å². The van der Waals surface area contributed by atoms with E-state index in [9.17, 15) is 0 Å². The van der Waals surface area contributed by atoms with E-state index in [-0.39, 0.29) is 0 Å². The Hall–Kier alpha value is -1.16. The minimum Gasteiger partial charge on any atom is -0.389 e. The van der Waals surface area contributed by atoms with Crippen LogP contribution in [0.25, 0.3) is 0 Å². The number of aromatic nitrogens is 1. The summed E-state index contributed by atoms with van der Waals surface area (Å²) in [7, 11) is 0. The molecule has 4 heteroatoms. The van der Waals surface area contributed by atoms with Crippen molar-refractivity contribution in [3.05, 3.63) is 24.0 Å². The van der Waals surface area contributed by atoms with Crippen molar-refractivity contribution in [1.29, 1.82) is 0 Å². The first kappa shape index (κ1) is 10.7. The van der Waals surface area contributed by atoms with Gasteiger partial charge < -0.3 is 11.1 Å². The molecule has 3 aliphatic rings. The van der Waals surface area contributed by atoms with Crippen LogP contribution in [0.5, 0.6) is 0 Å². The summed E-state index contributed by atoms with van der Waals surface area (Å²) in [5.74, 6) is 3.76. The number of nitrogens with zero attached hydrogens (tertiary/aromatic N) is 1. The van der Waals surface area contributed by atoms with Gasteiger partial charge in [0.2, 0.25) is 0 Å². The fraction of sp³-hybridized carbons (Fsp3) is 0.571. The second-order valence-electron chi connectivity index (χ2n) is 5.94. The summed E-state index contributed by atoms with van der Waals surface area (Å²) in [5.41, 5.74) is 7.70. The van der Waals surface area contributed by atoms with Gasteiger partial charge in [-0.15, -0.1) is 0 Å². The minimum atomic E-state index is 0.452. The number of anilines is 1. The van der Waals surface area contributed by atoms with Crippen molar-refractivity contribution in [3.63, 3.8) is 0 Å². The maximum atomic E-state index is 5.76. The summed E-state index contributed by atoms with van der Waals surface area (Å²) >= 11 is 5.09. The molecule has 4 rings (SSSR count). The Balaban J connectivity index is 1.55. The van der Waals surface area contributed by atoms with E-state index in [4.69, 9.17) is 18.0 Å². The first-order valence-corrected chi connectivity index (χ1v) is 7.17. The number of fused-ring (bicyclic) bond motifs is 5. The molecule has 18 heavy (non-hydrogen) atoms. The third kappa shape index (κ3) is 1.41. The molecule has 0 spiro atoms. The highest BCUT2D eigenvalue weighted by Crippen LogP contribution is 2.66. The Kier molecular flexibility index (Phi) is 2.19. The molecule has 0 saturated heterocycles. The number of hydrogen-bond acceptors (Lipinski definition) is 3. The summed E-state index contributed by atoms with van der Waals surface area (Å²) < 4.78 is 0. The Morgan fingerprint density at radius 1 is 1.33 bits per heavy atom. The van der Waals surface area contributed by atoms with Crippen LogP contribution >= 0.6 is 12.2 Å². The maximum Gasteiger partial charge on any atom is 0.106 e. The van der Waals surface area contributed by atoms with E-state index in [0.29, 0.717) is 11.0 Å². The molecular weight excluding hydrogens is 242 g/mol. The standard InChI is InChI=1S/C14H17N3S/c15-14(18)9-3-4-16-6-10(9)17-13-11-7-1-2-8(5-7)12(11)13/h3-4,6-8,11-13,17H,1-2,5H2,(H2,15,18). The van der Waals surface area contributed by atoms with Crippen molar-refractivity contribution in [2.24, 2.45) is 29.4 Å². The third-order valence-electron chi connectivity index (χ3n) is 5.14. The van der Waals surface area contributed by atoms with Gasteiger partial charge in [-0.2, -0.15) is 0 Å². The van der Waals surface area contributed by atoms with Gasteiger partial charge in [-0.3, -0.25) is 4.98 Å². The quantitative estimate of drug-likeness (QED) is 0.817. The maximum absolute atomic E-state index is 5.76. The fourth-order valence-corrected chi connectivity index (χ4v) is 4.60. The molecule has 4 atom stereocenters. The Morgan fingerprint density at radius 2 is 2.06 bits per heavy atom. The van der Waals surface area contributed by atoms with E-state index in [1.807, 2.05) is 12.3 Å². The Labute approximate surface area is 112 Å². The van der Waals surface area contributed by atoms with Crippen molar-refractivity contribution in [1.82, 2.24) is 4.98 Å². The number of pyridine rings is 1. The number of thiocarbonyl (C=S) groups is 1. The van der Waals surface area contributed by atoms with Crippen LogP contribution in [0.3, 0.4) is 0 Å². The van der Waals surface area contributed by atoms with Crippen LogP contribution in [0.4, 0.5) is 5.69 Å². The molecule has 0 aromatic carbocycles. The van der Waals surface area contributed by atoms with Gasteiger partial charge >= 0.3 is 0 Å². The topological polar surface area (TPSA) is 50.9 Å². The lowest BCUT2D eigenvalue weighted by Gasteiger charge is -2.14. The average Bonchev–Trinajstić information content (AvgIpc) is 2.78. The summed E-state index contributed by atoms with van der Waals surface area (Å²) in [4.78, 5) is 4.63. The predicted octanol–water partition coefficient (Wildman–Crippen LogP) is 2.17.